The Bertz CT molecular complexity index is 402. The molecule has 16 heavy (non-hydrogen) atoms. The molecule has 0 saturated carbocycles. The molecule has 0 N–H and O–H groups in total. The zero-order valence-electron chi connectivity index (χ0n) is 9.21. The summed E-state index contributed by atoms with van der Waals surface area (Å²) in [5.74, 6) is 0.00312. The Balaban J connectivity index is 2.88. The second-order valence-corrected chi connectivity index (χ2v) is 4.49. The minimum absolute atomic E-state index is 0.375. The van der Waals surface area contributed by atoms with E-state index in [-0.39, 0.29) is 0 Å². The van der Waals surface area contributed by atoms with Crippen LogP contribution in [0.4, 0.5) is 0 Å². The molecule has 88 valence electrons. The van der Waals surface area contributed by atoms with Crippen LogP contribution in [0.3, 0.4) is 0 Å². The van der Waals surface area contributed by atoms with Gasteiger partial charge >= 0.3 is 5.97 Å². The average Bonchev–Trinajstić information content (AvgIpc) is 2.22. The molecule has 0 atom stereocenters. The second kappa shape index (κ2) is 4.93. The van der Waals surface area contributed by atoms with Crippen LogP contribution in [0.5, 0.6) is 5.75 Å². The van der Waals surface area contributed by atoms with Gasteiger partial charge in [-0.15, -0.1) is 0 Å². The fourth-order valence-corrected chi connectivity index (χ4v) is 1.41. The molecule has 0 unspecified atom stereocenters. The van der Waals surface area contributed by atoms with Gasteiger partial charge in [0, 0.05) is 6.07 Å². The first-order chi connectivity index (χ1) is 7.36. The first kappa shape index (κ1) is 13.1. The Kier molecular flexibility index (Phi) is 4.05. The lowest BCUT2D eigenvalue weighted by atomic mass is 10.1. The molecule has 0 bridgehead atoms. The van der Waals surface area contributed by atoms with Crippen LogP contribution < -0.4 is 4.74 Å². The molecule has 0 spiro atoms. The summed E-state index contributed by atoms with van der Waals surface area (Å²) in [6.45, 7) is 3.22. The molecular weight excluding hydrogens is 251 g/mol. The minimum Gasteiger partial charge on any atom is -0.476 e. The molecule has 0 saturated heterocycles. The zero-order chi connectivity index (χ0) is 12.3. The van der Waals surface area contributed by atoms with Gasteiger partial charge < -0.3 is 9.47 Å². The standard InChI is InChI=1S/C11H12Cl2O3/c1-11(2,10(14)15-3)16-7-4-5-8(12)9(13)6-7/h4-6H,1-3H3. The number of methoxy groups -OCH3 is 1. The van der Waals surface area contributed by atoms with Gasteiger partial charge in [0.25, 0.3) is 0 Å². The molecule has 3 nitrogen and oxygen atoms in total. The largest absolute Gasteiger partial charge is 0.476 e. The van der Waals surface area contributed by atoms with E-state index in [2.05, 4.69) is 4.74 Å². The van der Waals surface area contributed by atoms with E-state index >= 15 is 0 Å². The number of carbonyl (C=O) groups excluding carboxylic acids is 1. The van der Waals surface area contributed by atoms with E-state index in [0.717, 1.165) is 0 Å². The molecule has 0 aliphatic heterocycles. The van der Waals surface area contributed by atoms with Crippen molar-refractivity contribution in [3.8, 4) is 5.75 Å². The van der Waals surface area contributed by atoms with Crippen LogP contribution in [-0.2, 0) is 9.53 Å². The van der Waals surface area contributed by atoms with Gasteiger partial charge in [0.05, 0.1) is 17.2 Å². The topological polar surface area (TPSA) is 35.5 Å². The highest BCUT2D eigenvalue weighted by molar-refractivity contribution is 6.42. The summed E-state index contributed by atoms with van der Waals surface area (Å²) in [6.07, 6.45) is 0. The predicted octanol–water partition coefficient (Wildman–Crippen LogP) is 3.32. The summed E-state index contributed by atoms with van der Waals surface area (Å²) < 4.78 is 10.1. The van der Waals surface area contributed by atoms with Crippen molar-refractivity contribution >= 4 is 29.2 Å². The molecule has 1 aromatic carbocycles. The number of ether oxygens (including phenoxy) is 2. The van der Waals surface area contributed by atoms with E-state index < -0.39 is 11.6 Å². The van der Waals surface area contributed by atoms with Crippen molar-refractivity contribution in [2.75, 3.05) is 7.11 Å². The maximum absolute atomic E-state index is 11.4. The van der Waals surface area contributed by atoms with E-state index in [1.165, 1.54) is 7.11 Å². The Hall–Kier alpha value is -0.930. The monoisotopic (exact) mass is 262 g/mol. The normalized spacial score (nSPS) is 11.1. The smallest absolute Gasteiger partial charge is 0.349 e. The molecular formula is C11H12Cl2O3. The van der Waals surface area contributed by atoms with Gasteiger partial charge in [-0.05, 0) is 26.0 Å². The molecule has 1 rings (SSSR count). The van der Waals surface area contributed by atoms with Gasteiger partial charge in [0.1, 0.15) is 5.75 Å². The zero-order valence-corrected chi connectivity index (χ0v) is 10.7. The summed E-state index contributed by atoms with van der Waals surface area (Å²) in [5.41, 5.74) is -1.06. The summed E-state index contributed by atoms with van der Waals surface area (Å²) in [7, 11) is 1.31. The molecule has 0 radical (unpaired) electrons. The van der Waals surface area contributed by atoms with Crippen LogP contribution >= 0.6 is 23.2 Å². The first-order valence-electron chi connectivity index (χ1n) is 4.59. The molecule has 0 amide bonds. The maximum atomic E-state index is 11.4. The maximum Gasteiger partial charge on any atom is 0.349 e. The van der Waals surface area contributed by atoms with Crippen LogP contribution in [0.25, 0.3) is 0 Å². The van der Waals surface area contributed by atoms with E-state index in [4.69, 9.17) is 27.9 Å². The van der Waals surface area contributed by atoms with Crippen molar-refractivity contribution in [2.24, 2.45) is 0 Å². The van der Waals surface area contributed by atoms with Crippen molar-refractivity contribution in [1.82, 2.24) is 0 Å². The van der Waals surface area contributed by atoms with Crippen LogP contribution in [0.1, 0.15) is 13.8 Å². The third-order valence-corrected chi connectivity index (χ3v) is 2.68. The number of benzene rings is 1. The van der Waals surface area contributed by atoms with E-state index in [0.29, 0.717) is 15.8 Å². The van der Waals surface area contributed by atoms with Crippen LogP contribution in [0.2, 0.25) is 10.0 Å². The first-order valence-corrected chi connectivity index (χ1v) is 5.35. The summed E-state index contributed by atoms with van der Waals surface area (Å²) in [6, 6.07) is 4.79. The average molecular weight is 263 g/mol. The van der Waals surface area contributed by atoms with Crippen LogP contribution in [-0.4, -0.2) is 18.7 Å². The van der Waals surface area contributed by atoms with Gasteiger partial charge in [-0.1, -0.05) is 23.2 Å². The lowest BCUT2D eigenvalue weighted by molar-refractivity contribution is -0.156. The number of carbonyl (C=O) groups is 1. The van der Waals surface area contributed by atoms with Crippen molar-refractivity contribution in [2.45, 2.75) is 19.4 Å². The van der Waals surface area contributed by atoms with E-state index in [9.17, 15) is 4.79 Å². The summed E-state index contributed by atoms with van der Waals surface area (Å²) >= 11 is 11.6. The second-order valence-electron chi connectivity index (χ2n) is 3.68. The lowest BCUT2D eigenvalue weighted by Gasteiger charge is -2.23. The third kappa shape index (κ3) is 3.03. The van der Waals surface area contributed by atoms with Gasteiger partial charge in [-0.2, -0.15) is 0 Å². The number of rotatable bonds is 3. The highest BCUT2D eigenvalue weighted by Crippen LogP contribution is 2.28. The van der Waals surface area contributed by atoms with Gasteiger partial charge in [0.15, 0.2) is 5.60 Å². The SMILES string of the molecule is COC(=O)C(C)(C)Oc1ccc(Cl)c(Cl)c1. The Morgan fingerprint density at radius 2 is 1.88 bits per heavy atom. The highest BCUT2D eigenvalue weighted by atomic mass is 35.5. The number of esters is 1. The Morgan fingerprint density at radius 3 is 2.38 bits per heavy atom. The minimum atomic E-state index is -1.06. The van der Waals surface area contributed by atoms with Crippen molar-refractivity contribution < 1.29 is 14.3 Å². The Morgan fingerprint density at radius 1 is 1.25 bits per heavy atom. The quantitative estimate of drug-likeness (QED) is 0.784. The third-order valence-electron chi connectivity index (χ3n) is 1.94. The van der Waals surface area contributed by atoms with Crippen LogP contribution in [0, 0.1) is 0 Å². The predicted molar refractivity (Wildman–Crippen MR) is 63.2 cm³/mol. The number of hydrogen-bond donors (Lipinski definition) is 0. The van der Waals surface area contributed by atoms with Crippen LogP contribution in [0.15, 0.2) is 18.2 Å². The summed E-state index contributed by atoms with van der Waals surface area (Å²) in [5, 5.41) is 0.810. The molecule has 5 heteroatoms. The van der Waals surface area contributed by atoms with Crippen molar-refractivity contribution in [1.29, 1.82) is 0 Å². The fraction of sp³-hybridized carbons (Fsp3) is 0.364. The van der Waals surface area contributed by atoms with Gasteiger partial charge in [-0.3, -0.25) is 0 Å². The number of halogens is 2. The molecule has 0 aliphatic rings. The van der Waals surface area contributed by atoms with Crippen molar-refractivity contribution in [3.63, 3.8) is 0 Å². The lowest BCUT2D eigenvalue weighted by Crippen LogP contribution is -2.39. The molecule has 0 aromatic heterocycles. The van der Waals surface area contributed by atoms with Gasteiger partial charge in [0.2, 0.25) is 0 Å². The molecule has 1 aromatic rings. The van der Waals surface area contributed by atoms with E-state index in [1.54, 1.807) is 32.0 Å². The Labute approximate surface area is 104 Å². The van der Waals surface area contributed by atoms with Gasteiger partial charge in [-0.25, -0.2) is 4.79 Å². The summed E-state index contributed by atoms with van der Waals surface area (Å²) in [4.78, 5) is 11.4. The van der Waals surface area contributed by atoms with Crippen molar-refractivity contribution in [3.05, 3.63) is 28.2 Å². The molecule has 0 fully saturated rings. The molecule has 0 aliphatic carbocycles. The highest BCUT2D eigenvalue weighted by Gasteiger charge is 2.31. The molecule has 0 heterocycles. The fourth-order valence-electron chi connectivity index (χ4n) is 1.12. The van der Waals surface area contributed by atoms with E-state index in [1.807, 2.05) is 0 Å². The number of hydrogen-bond acceptors (Lipinski definition) is 3.